The van der Waals surface area contributed by atoms with E-state index in [1.165, 1.54) is 0 Å². The lowest BCUT2D eigenvalue weighted by Gasteiger charge is -2.22. The Labute approximate surface area is 145 Å². The largest absolute Gasteiger partial charge is 0.480 e. The fourth-order valence-corrected chi connectivity index (χ4v) is 2.63. The van der Waals surface area contributed by atoms with Gasteiger partial charge in [-0.3, -0.25) is 0 Å². The molecule has 1 amide bonds. The number of rotatable bonds is 6. The molecule has 25 heavy (non-hydrogen) atoms. The molecule has 0 bridgehead atoms. The minimum Gasteiger partial charge on any atom is -0.480 e. The molecule has 6 nitrogen and oxygen atoms in total. The van der Waals surface area contributed by atoms with Crippen LogP contribution in [-0.4, -0.2) is 40.1 Å². The van der Waals surface area contributed by atoms with Crippen molar-refractivity contribution in [1.82, 2.24) is 9.88 Å². The maximum atomic E-state index is 12.7. The number of halogens is 1. The smallest absolute Gasteiger partial charge is 0.408 e. The summed E-state index contributed by atoms with van der Waals surface area (Å²) in [4.78, 5) is 23.4. The van der Waals surface area contributed by atoms with Crippen LogP contribution in [0.5, 0.6) is 0 Å². The zero-order valence-electron chi connectivity index (χ0n) is 14.6. The number of carboxylic acid groups (broad SMARTS) is 1. The lowest BCUT2D eigenvalue weighted by molar-refractivity contribution is -0.139. The van der Waals surface area contributed by atoms with Crippen LogP contribution in [0.2, 0.25) is 0 Å². The van der Waals surface area contributed by atoms with Crippen LogP contribution in [0, 0.1) is 0 Å². The van der Waals surface area contributed by atoms with E-state index in [1.807, 2.05) is 24.3 Å². The first-order valence-electron chi connectivity index (χ1n) is 8.06. The van der Waals surface area contributed by atoms with Gasteiger partial charge in [0.2, 0.25) is 0 Å². The number of para-hydroxylation sites is 1. The predicted molar refractivity (Wildman–Crippen MR) is 92.4 cm³/mol. The van der Waals surface area contributed by atoms with Gasteiger partial charge in [-0.15, -0.1) is 0 Å². The summed E-state index contributed by atoms with van der Waals surface area (Å²) in [5, 5.41) is 12.7. The van der Waals surface area contributed by atoms with Crippen LogP contribution in [0.1, 0.15) is 26.3 Å². The van der Waals surface area contributed by atoms with Crippen molar-refractivity contribution in [2.75, 3.05) is 6.67 Å². The first-order chi connectivity index (χ1) is 11.7. The Morgan fingerprint density at radius 1 is 1.32 bits per heavy atom. The number of ether oxygens (including phenoxy) is 1. The van der Waals surface area contributed by atoms with Crippen LogP contribution in [0.15, 0.2) is 30.5 Å². The fraction of sp³-hybridized carbons (Fsp3) is 0.444. The minimum atomic E-state index is -1.16. The van der Waals surface area contributed by atoms with Crippen molar-refractivity contribution < 1.29 is 23.8 Å². The Hall–Kier alpha value is -2.57. The first kappa shape index (κ1) is 18.8. The number of alkyl carbamates (subject to hydrolysis) is 1. The van der Waals surface area contributed by atoms with Crippen molar-refractivity contribution in [3.8, 4) is 0 Å². The molecule has 1 aromatic heterocycles. The lowest BCUT2D eigenvalue weighted by Crippen LogP contribution is -2.44. The highest BCUT2D eigenvalue weighted by Gasteiger charge is 2.25. The molecule has 2 rings (SSSR count). The van der Waals surface area contributed by atoms with Crippen molar-refractivity contribution in [3.63, 3.8) is 0 Å². The summed E-state index contributed by atoms with van der Waals surface area (Å²) in [5.41, 5.74) is 0.841. The molecule has 0 fully saturated rings. The molecule has 2 N–H and O–H groups in total. The Balaban J connectivity index is 2.24. The van der Waals surface area contributed by atoms with Gasteiger partial charge in [0.25, 0.3) is 0 Å². The zero-order valence-corrected chi connectivity index (χ0v) is 14.6. The van der Waals surface area contributed by atoms with E-state index >= 15 is 0 Å². The molecule has 1 aromatic carbocycles. The normalized spacial score (nSPS) is 12.8. The molecule has 0 radical (unpaired) electrons. The van der Waals surface area contributed by atoms with E-state index in [9.17, 15) is 19.1 Å². The van der Waals surface area contributed by atoms with Crippen LogP contribution in [0.25, 0.3) is 10.9 Å². The molecule has 136 valence electrons. The molecule has 0 saturated carbocycles. The Morgan fingerprint density at radius 3 is 2.60 bits per heavy atom. The number of hydrogen-bond acceptors (Lipinski definition) is 3. The number of carbonyl (C=O) groups excluding carboxylic acids is 1. The van der Waals surface area contributed by atoms with Gasteiger partial charge in [-0.25, -0.2) is 14.0 Å². The highest BCUT2D eigenvalue weighted by molar-refractivity contribution is 5.86. The second-order valence-corrected chi connectivity index (χ2v) is 6.80. The number of fused-ring (bicyclic) bond motifs is 1. The van der Waals surface area contributed by atoms with Gasteiger partial charge in [0.05, 0.1) is 6.54 Å². The van der Waals surface area contributed by atoms with E-state index in [0.717, 1.165) is 16.5 Å². The summed E-state index contributed by atoms with van der Waals surface area (Å²) < 4.78 is 19.6. The lowest BCUT2D eigenvalue weighted by atomic mass is 10.1. The number of nitrogens with zero attached hydrogens (tertiary/aromatic N) is 1. The van der Waals surface area contributed by atoms with E-state index in [0.29, 0.717) is 0 Å². The summed E-state index contributed by atoms with van der Waals surface area (Å²) in [6.07, 6.45) is 1.03. The highest BCUT2D eigenvalue weighted by Crippen LogP contribution is 2.23. The van der Waals surface area contributed by atoms with Crippen LogP contribution in [0.4, 0.5) is 9.18 Å². The van der Waals surface area contributed by atoms with Gasteiger partial charge in [-0.2, -0.15) is 0 Å². The molecular formula is C18H23FN2O4. The van der Waals surface area contributed by atoms with E-state index in [4.69, 9.17) is 4.74 Å². The number of hydrogen-bond donors (Lipinski definition) is 2. The molecule has 0 aliphatic rings. The minimum absolute atomic E-state index is 0.0778. The zero-order chi connectivity index (χ0) is 18.6. The number of nitrogens with one attached hydrogen (secondary N) is 1. The summed E-state index contributed by atoms with van der Waals surface area (Å²) in [7, 11) is 0. The Bertz CT molecular complexity index is 764. The quantitative estimate of drug-likeness (QED) is 0.839. The van der Waals surface area contributed by atoms with E-state index in [1.54, 1.807) is 31.5 Å². The molecule has 0 aliphatic carbocycles. The van der Waals surface area contributed by atoms with Crippen molar-refractivity contribution in [2.24, 2.45) is 0 Å². The number of aryl methyl sites for hydroxylation is 1. The number of carboxylic acids is 1. The number of alkyl halides is 1. The molecule has 7 heteroatoms. The van der Waals surface area contributed by atoms with E-state index < -0.39 is 30.4 Å². The SMILES string of the molecule is CC(C)(C)OC(=O)N[C@@H](Cc1cn(CCF)c2ccccc12)C(=O)O. The molecule has 1 heterocycles. The molecule has 1 atom stereocenters. The van der Waals surface area contributed by atoms with Crippen molar-refractivity contribution in [3.05, 3.63) is 36.0 Å². The average molecular weight is 350 g/mol. The molecule has 2 aromatic rings. The van der Waals surface area contributed by atoms with E-state index in [2.05, 4.69) is 5.32 Å². The van der Waals surface area contributed by atoms with Crippen LogP contribution < -0.4 is 5.32 Å². The third-order valence-electron chi connectivity index (χ3n) is 3.61. The van der Waals surface area contributed by atoms with Gasteiger partial charge in [-0.1, -0.05) is 18.2 Å². The second-order valence-electron chi connectivity index (χ2n) is 6.80. The molecule has 0 unspecified atom stereocenters. The fourth-order valence-electron chi connectivity index (χ4n) is 2.63. The van der Waals surface area contributed by atoms with Gasteiger partial charge in [0.1, 0.15) is 18.3 Å². The Morgan fingerprint density at radius 2 is 2.00 bits per heavy atom. The number of benzene rings is 1. The molecule has 0 aliphatic heterocycles. The summed E-state index contributed by atoms with van der Waals surface area (Å²) >= 11 is 0. The maximum absolute atomic E-state index is 12.7. The van der Waals surface area contributed by atoms with Crippen LogP contribution >= 0.6 is 0 Å². The van der Waals surface area contributed by atoms with Crippen LogP contribution in [-0.2, 0) is 22.5 Å². The summed E-state index contributed by atoms with van der Waals surface area (Å²) in [6.45, 7) is 4.78. The molecule has 0 spiro atoms. The van der Waals surface area contributed by atoms with Gasteiger partial charge < -0.3 is 19.7 Å². The highest BCUT2D eigenvalue weighted by atomic mass is 19.1. The number of carbonyl (C=O) groups is 2. The second kappa shape index (κ2) is 7.55. The summed E-state index contributed by atoms with van der Waals surface area (Å²) in [6, 6.07) is 6.24. The number of aliphatic carboxylic acids is 1. The Kier molecular flexibility index (Phi) is 5.66. The van der Waals surface area contributed by atoms with Gasteiger partial charge in [0.15, 0.2) is 0 Å². The first-order valence-corrected chi connectivity index (χ1v) is 8.06. The standard InChI is InChI=1S/C18H23FN2O4/c1-18(2,3)25-17(24)20-14(16(22)23)10-12-11-21(9-8-19)15-7-5-4-6-13(12)15/h4-7,11,14H,8-10H2,1-3H3,(H,20,24)(H,22,23)/t14-/m0/s1. The predicted octanol–water partition coefficient (Wildman–Crippen LogP) is 3.13. The number of aromatic nitrogens is 1. The van der Waals surface area contributed by atoms with Gasteiger partial charge in [-0.05, 0) is 32.4 Å². The summed E-state index contributed by atoms with van der Waals surface area (Å²) in [5.74, 6) is -1.16. The number of amides is 1. The van der Waals surface area contributed by atoms with Crippen molar-refractivity contribution in [2.45, 2.75) is 45.4 Å². The topological polar surface area (TPSA) is 80.6 Å². The third kappa shape index (κ3) is 4.95. The third-order valence-corrected chi connectivity index (χ3v) is 3.61. The van der Waals surface area contributed by atoms with Gasteiger partial charge >= 0.3 is 12.1 Å². The van der Waals surface area contributed by atoms with Crippen molar-refractivity contribution >= 4 is 23.0 Å². The van der Waals surface area contributed by atoms with Crippen molar-refractivity contribution in [1.29, 1.82) is 0 Å². The maximum Gasteiger partial charge on any atom is 0.408 e. The van der Waals surface area contributed by atoms with E-state index in [-0.39, 0.29) is 13.0 Å². The van der Waals surface area contributed by atoms with Gasteiger partial charge in [0, 0.05) is 23.5 Å². The van der Waals surface area contributed by atoms with Crippen LogP contribution in [0.3, 0.4) is 0 Å². The monoisotopic (exact) mass is 350 g/mol. The molecular weight excluding hydrogens is 327 g/mol. The average Bonchev–Trinajstić information content (AvgIpc) is 2.83. The molecule has 0 saturated heterocycles.